The predicted molar refractivity (Wildman–Crippen MR) is 191 cm³/mol. The first-order chi connectivity index (χ1) is 22.0. The molecule has 0 bridgehead atoms. The van der Waals surface area contributed by atoms with Gasteiger partial charge in [0.15, 0.2) is 0 Å². The smallest absolute Gasteiger partial charge is 0.550 e. The summed E-state index contributed by atoms with van der Waals surface area (Å²) in [6.45, 7) is 4.30. The molecule has 0 unspecified atom stereocenters. The quantitative estimate of drug-likeness (QED) is 0.0678. The molecule has 0 aliphatic carbocycles. The van der Waals surface area contributed by atoms with Gasteiger partial charge in [0.05, 0.1) is 11.5 Å². The molecule has 0 saturated heterocycles. The van der Waals surface area contributed by atoms with Gasteiger partial charge in [0.2, 0.25) is 20.0 Å². The van der Waals surface area contributed by atoms with Crippen molar-refractivity contribution >= 4 is 69.7 Å². The molecule has 0 aromatic carbocycles. The number of hydrogen-bond donors (Lipinski definition) is 2. The number of aliphatic carboxylic acids is 2. The van der Waals surface area contributed by atoms with Crippen LogP contribution in [0.4, 0.5) is 0 Å². The van der Waals surface area contributed by atoms with E-state index in [1.165, 1.54) is 116 Å². The Bertz CT molecular complexity index is 845. The third-order valence-corrected chi connectivity index (χ3v) is 10.8. The number of nitrogens with one attached hydrogen (secondary N) is 2. The summed E-state index contributed by atoms with van der Waals surface area (Å²) in [5, 5.41) is 20.4. The molecule has 0 saturated carbocycles. The van der Waals surface area contributed by atoms with Crippen molar-refractivity contribution in [2.75, 3.05) is 24.6 Å². The van der Waals surface area contributed by atoms with E-state index < -0.39 is 32.0 Å². The number of unbranched alkanes of at least 4 members (excludes halogenated alkanes) is 22. The molecule has 0 rings (SSSR count). The van der Waals surface area contributed by atoms with Gasteiger partial charge in [-0.05, 0) is 12.8 Å². The zero-order valence-electron chi connectivity index (χ0n) is 30.0. The summed E-state index contributed by atoms with van der Waals surface area (Å²) in [6, 6.07) is 0. The second kappa shape index (κ2) is 37.3. The first-order valence-electron chi connectivity index (χ1n) is 18.3. The van der Waals surface area contributed by atoms with Crippen LogP contribution in [-0.4, -0.2) is 91.1 Å². The number of sulfonamides is 2. The second-order valence-electron chi connectivity index (χ2n) is 12.4. The monoisotopic (exact) mass is 736 g/mol. The van der Waals surface area contributed by atoms with Gasteiger partial charge in [-0.2, -0.15) is 0 Å². The molecule has 276 valence electrons. The molecule has 0 aromatic heterocycles. The number of carboxylic acid groups (broad SMARTS) is 2. The first kappa shape index (κ1) is 51.4. The van der Waals surface area contributed by atoms with E-state index >= 15 is 0 Å². The Kier molecular flexibility index (Phi) is 40.8. The molecular weight excluding hydrogens is 669 g/mol. The Morgan fingerprint density at radius 2 is 0.638 bits per heavy atom. The molecule has 2 N–H and O–H groups in total. The first-order valence-corrected chi connectivity index (χ1v) is 21.6. The van der Waals surface area contributed by atoms with E-state index in [1.807, 2.05) is 0 Å². The van der Waals surface area contributed by atoms with Crippen LogP contribution in [0.25, 0.3) is 0 Å². The standard InChI is InChI=1S/2C17H35NO4S.Ca/c2*1-2-3-4-5-6-7-8-9-10-11-12-13-16-23(21,22)18-15-14-17(19)20;/h2*18H,2-16H2,1H3,(H,19,20);/q;;+2/p-2. The van der Waals surface area contributed by atoms with Crippen molar-refractivity contribution in [3.05, 3.63) is 0 Å². The molecule has 0 aromatic rings. The third-order valence-electron chi connectivity index (χ3n) is 7.84. The minimum atomic E-state index is -3.33. The van der Waals surface area contributed by atoms with Crippen molar-refractivity contribution in [2.45, 2.75) is 181 Å². The number of rotatable bonds is 34. The van der Waals surface area contributed by atoms with Gasteiger partial charge in [0.1, 0.15) is 0 Å². The van der Waals surface area contributed by atoms with Gasteiger partial charge >= 0.3 is 37.7 Å². The van der Waals surface area contributed by atoms with Crippen molar-refractivity contribution in [3.8, 4) is 0 Å². The third kappa shape index (κ3) is 46.0. The van der Waals surface area contributed by atoms with E-state index in [2.05, 4.69) is 23.3 Å². The number of carboxylic acids is 2. The number of hydrogen-bond acceptors (Lipinski definition) is 8. The molecule has 10 nitrogen and oxygen atoms in total. The zero-order valence-corrected chi connectivity index (χ0v) is 33.8. The maximum atomic E-state index is 11.6. The van der Waals surface area contributed by atoms with Gasteiger partial charge in [-0.1, -0.05) is 155 Å². The molecule has 0 fully saturated rings. The van der Waals surface area contributed by atoms with Crippen molar-refractivity contribution in [1.29, 1.82) is 0 Å². The Balaban J connectivity index is -0.000000807. The topological polar surface area (TPSA) is 173 Å². The fourth-order valence-electron chi connectivity index (χ4n) is 5.03. The average Bonchev–Trinajstić information content (AvgIpc) is 2.98. The minimum Gasteiger partial charge on any atom is -0.550 e. The van der Waals surface area contributed by atoms with Crippen LogP contribution in [-0.2, 0) is 29.6 Å². The van der Waals surface area contributed by atoms with Gasteiger partial charge in [-0.3, -0.25) is 0 Å². The van der Waals surface area contributed by atoms with Crippen LogP contribution in [0.1, 0.15) is 181 Å². The van der Waals surface area contributed by atoms with E-state index in [0.29, 0.717) is 12.8 Å². The van der Waals surface area contributed by atoms with Crippen LogP contribution in [0.5, 0.6) is 0 Å². The van der Waals surface area contributed by atoms with E-state index in [-0.39, 0.29) is 75.2 Å². The Labute approximate surface area is 318 Å². The van der Waals surface area contributed by atoms with Crippen LogP contribution < -0.4 is 19.7 Å². The number of carbonyl (C=O) groups is 2. The van der Waals surface area contributed by atoms with Crippen LogP contribution in [0.15, 0.2) is 0 Å². The maximum Gasteiger partial charge on any atom is 2.00 e. The van der Waals surface area contributed by atoms with E-state index in [9.17, 15) is 36.6 Å². The Morgan fingerprint density at radius 3 is 0.851 bits per heavy atom. The zero-order chi connectivity index (χ0) is 34.8. The summed E-state index contributed by atoms with van der Waals surface area (Å²) in [5.41, 5.74) is 0. The van der Waals surface area contributed by atoms with Crippen molar-refractivity contribution in [3.63, 3.8) is 0 Å². The molecule has 0 heterocycles. The average molecular weight is 737 g/mol. The van der Waals surface area contributed by atoms with Crippen LogP contribution in [0.2, 0.25) is 0 Å². The summed E-state index contributed by atoms with van der Waals surface area (Å²) >= 11 is 0. The Hall–Kier alpha value is 0.0197. The SMILES string of the molecule is CCCCCCCCCCCCCCS(=O)(=O)NCCC(=O)[O-].CCCCCCCCCCCCCCS(=O)(=O)NCCC(=O)[O-].[Ca+2]. The van der Waals surface area contributed by atoms with Crippen molar-refractivity contribution in [2.24, 2.45) is 0 Å². The molecule has 0 aliphatic heterocycles. The molecule has 0 atom stereocenters. The summed E-state index contributed by atoms with van der Waals surface area (Å²) in [5.74, 6) is -2.31. The normalized spacial score (nSPS) is 11.4. The summed E-state index contributed by atoms with van der Waals surface area (Å²) in [7, 11) is -6.66. The second-order valence-corrected chi connectivity index (χ2v) is 16.3. The van der Waals surface area contributed by atoms with Crippen LogP contribution >= 0.6 is 0 Å². The Morgan fingerprint density at radius 1 is 0.426 bits per heavy atom. The van der Waals surface area contributed by atoms with Gasteiger partial charge in [0, 0.05) is 37.9 Å². The van der Waals surface area contributed by atoms with Crippen LogP contribution in [0.3, 0.4) is 0 Å². The number of carbonyl (C=O) groups excluding carboxylic acids is 2. The fourth-order valence-corrected chi connectivity index (χ4v) is 7.31. The molecule has 0 spiro atoms. The molecule has 0 radical (unpaired) electrons. The van der Waals surface area contributed by atoms with E-state index in [1.54, 1.807) is 0 Å². The van der Waals surface area contributed by atoms with E-state index in [0.717, 1.165) is 25.7 Å². The minimum absolute atomic E-state index is 0. The predicted octanol–water partition coefficient (Wildman–Crippen LogP) is 5.11. The van der Waals surface area contributed by atoms with Gasteiger partial charge in [0.25, 0.3) is 0 Å². The van der Waals surface area contributed by atoms with Gasteiger partial charge < -0.3 is 19.8 Å². The molecule has 0 amide bonds. The summed E-state index contributed by atoms with van der Waals surface area (Å²) in [4.78, 5) is 20.4. The fraction of sp³-hybridized carbons (Fsp3) is 0.941. The molecular formula is C34H68CaN2O8S2. The van der Waals surface area contributed by atoms with Gasteiger partial charge in [-0.15, -0.1) is 0 Å². The molecule has 13 heteroatoms. The summed E-state index contributed by atoms with van der Waals surface area (Å²) < 4.78 is 50.8. The largest absolute Gasteiger partial charge is 2.00 e. The van der Waals surface area contributed by atoms with Crippen molar-refractivity contribution < 1.29 is 36.6 Å². The van der Waals surface area contributed by atoms with Gasteiger partial charge in [-0.25, -0.2) is 26.3 Å². The summed E-state index contributed by atoms with van der Waals surface area (Å²) in [6.07, 6.45) is 28.2. The van der Waals surface area contributed by atoms with Crippen molar-refractivity contribution in [1.82, 2.24) is 9.44 Å². The molecule has 0 aliphatic rings. The molecule has 47 heavy (non-hydrogen) atoms. The van der Waals surface area contributed by atoms with Crippen LogP contribution in [0, 0.1) is 0 Å². The van der Waals surface area contributed by atoms with E-state index in [4.69, 9.17) is 0 Å². The maximum absolute atomic E-state index is 11.6.